The molecule has 1 aliphatic carbocycles. The molecule has 0 aromatic heterocycles. The summed E-state index contributed by atoms with van der Waals surface area (Å²) in [5.41, 5.74) is 1.88. The molecule has 1 atom stereocenters. The van der Waals surface area contributed by atoms with E-state index in [1.54, 1.807) is 5.57 Å². The van der Waals surface area contributed by atoms with Gasteiger partial charge in [-0.15, -0.1) is 0 Å². The molecule has 2 fully saturated rings. The summed E-state index contributed by atoms with van der Waals surface area (Å²) in [7, 11) is 1.88. The molecule has 25 heavy (non-hydrogen) atoms. The van der Waals surface area contributed by atoms with Gasteiger partial charge in [-0.25, -0.2) is 0 Å². The molecule has 2 N–H and O–H groups in total. The Hall–Kier alpha value is -0.720. The van der Waals surface area contributed by atoms with E-state index in [0.717, 1.165) is 51.8 Å². The Morgan fingerprint density at radius 3 is 2.88 bits per heavy atom. The van der Waals surface area contributed by atoms with Gasteiger partial charge in [0.05, 0.1) is 13.2 Å². The molecular formula is C19H34N4OS. The highest BCUT2D eigenvalue weighted by Gasteiger charge is 2.40. The highest BCUT2D eigenvalue weighted by atomic mass is 32.2. The van der Waals surface area contributed by atoms with Crippen LogP contribution >= 0.6 is 11.8 Å². The zero-order valence-corrected chi connectivity index (χ0v) is 16.5. The van der Waals surface area contributed by atoms with Crippen molar-refractivity contribution in [3.63, 3.8) is 0 Å². The first-order valence-electron chi connectivity index (χ1n) is 9.85. The maximum atomic E-state index is 5.55. The van der Waals surface area contributed by atoms with Crippen LogP contribution in [0.1, 0.15) is 38.5 Å². The van der Waals surface area contributed by atoms with Crippen LogP contribution in [-0.4, -0.2) is 74.3 Å². The van der Waals surface area contributed by atoms with Crippen molar-refractivity contribution in [3.8, 4) is 0 Å². The number of guanidine groups is 1. The molecule has 3 aliphatic rings. The molecule has 1 unspecified atom stereocenters. The van der Waals surface area contributed by atoms with Crippen molar-refractivity contribution < 1.29 is 4.74 Å². The van der Waals surface area contributed by atoms with Gasteiger partial charge in [0.2, 0.25) is 0 Å². The molecule has 0 amide bonds. The van der Waals surface area contributed by atoms with Gasteiger partial charge in [-0.1, -0.05) is 11.6 Å². The van der Waals surface area contributed by atoms with E-state index in [0.29, 0.717) is 0 Å². The topological polar surface area (TPSA) is 48.9 Å². The lowest BCUT2D eigenvalue weighted by atomic mass is 9.95. The van der Waals surface area contributed by atoms with Crippen LogP contribution in [-0.2, 0) is 4.74 Å². The van der Waals surface area contributed by atoms with E-state index in [4.69, 9.17) is 4.74 Å². The van der Waals surface area contributed by atoms with Gasteiger partial charge < -0.3 is 15.4 Å². The van der Waals surface area contributed by atoms with Gasteiger partial charge >= 0.3 is 0 Å². The summed E-state index contributed by atoms with van der Waals surface area (Å²) in [5.74, 6) is 3.42. The highest BCUT2D eigenvalue weighted by molar-refractivity contribution is 7.99. The fraction of sp³-hybridized carbons (Fsp3) is 0.842. The Morgan fingerprint density at radius 1 is 1.32 bits per heavy atom. The van der Waals surface area contributed by atoms with Crippen molar-refractivity contribution in [2.24, 2.45) is 4.99 Å². The van der Waals surface area contributed by atoms with Crippen molar-refractivity contribution in [2.75, 3.05) is 57.9 Å². The quantitative estimate of drug-likeness (QED) is 0.429. The van der Waals surface area contributed by atoms with Crippen molar-refractivity contribution in [1.82, 2.24) is 15.5 Å². The number of ether oxygens (including phenoxy) is 1. The summed E-state index contributed by atoms with van der Waals surface area (Å²) in [6.45, 7) is 5.81. The molecule has 2 heterocycles. The number of thioether (sulfide) groups is 1. The van der Waals surface area contributed by atoms with Crippen molar-refractivity contribution >= 4 is 17.7 Å². The second-order valence-electron chi connectivity index (χ2n) is 7.34. The molecule has 2 aliphatic heterocycles. The summed E-state index contributed by atoms with van der Waals surface area (Å²) in [6.07, 6.45) is 10.1. The number of nitrogens with one attached hydrogen (secondary N) is 2. The normalized spacial score (nSPS) is 28.7. The monoisotopic (exact) mass is 366 g/mol. The van der Waals surface area contributed by atoms with Gasteiger partial charge in [0.25, 0.3) is 0 Å². The van der Waals surface area contributed by atoms with E-state index in [9.17, 15) is 0 Å². The largest absolute Gasteiger partial charge is 0.379 e. The fourth-order valence-electron chi connectivity index (χ4n) is 4.08. The SMILES string of the molecule is CN=C(NCCC1=CCCCC1)NCC1(N2CCOCC2)CCSC1. The van der Waals surface area contributed by atoms with Crippen LogP contribution in [0.5, 0.6) is 0 Å². The minimum Gasteiger partial charge on any atom is -0.379 e. The van der Waals surface area contributed by atoms with Gasteiger partial charge in [-0.05, 0) is 44.3 Å². The third kappa shape index (κ3) is 5.38. The zero-order valence-electron chi connectivity index (χ0n) is 15.7. The number of morpholine rings is 1. The van der Waals surface area contributed by atoms with E-state index in [1.165, 1.54) is 43.6 Å². The lowest BCUT2D eigenvalue weighted by Crippen LogP contribution is -2.60. The van der Waals surface area contributed by atoms with Crippen LogP contribution in [0, 0.1) is 0 Å². The Kier molecular flexibility index (Phi) is 7.49. The molecule has 5 nitrogen and oxygen atoms in total. The van der Waals surface area contributed by atoms with Crippen LogP contribution in [0.25, 0.3) is 0 Å². The number of nitrogens with zero attached hydrogens (tertiary/aromatic N) is 2. The van der Waals surface area contributed by atoms with Gasteiger partial charge in [0.15, 0.2) is 5.96 Å². The summed E-state index contributed by atoms with van der Waals surface area (Å²) in [4.78, 5) is 7.08. The summed E-state index contributed by atoms with van der Waals surface area (Å²) < 4.78 is 5.55. The highest BCUT2D eigenvalue weighted by Crippen LogP contribution is 2.33. The summed E-state index contributed by atoms with van der Waals surface area (Å²) in [6, 6.07) is 0. The van der Waals surface area contributed by atoms with Crippen molar-refractivity contribution in [3.05, 3.63) is 11.6 Å². The molecule has 0 spiro atoms. The van der Waals surface area contributed by atoms with Crippen molar-refractivity contribution in [1.29, 1.82) is 0 Å². The minimum atomic E-state index is 0.262. The van der Waals surface area contributed by atoms with Gasteiger partial charge in [0, 0.05) is 44.5 Å². The lowest BCUT2D eigenvalue weighted by molar-refractivity contribution is -0.0120. The van der Waals surface area contributed by atoms with E-state index in [1.807, 2.05) is 7.05 Å². The van der Waals surface area contributed by atoms with Crippen LogP contribution in [0.2, 0.25) is 0 Å². The maximum Gasteiger partial charge on any atom is 0.191 e. The third-order valence-electron chi connectivity index (χ3n) is 5.70. The minimum absolute atomic E-state index is 0.262. The summed E-state index contributed by atoms with van der Waals surface area (Å²) in [5, 5.41) is 7.12. The maximum absolute atomic E-state index is 5.55. The molecule has 142 valence electrons. The van der Waals surface area contributed by atoms with Gasteiger partial charge in [0.1, 0.15) is 0 Å². The van der Waals surface area contributed by atoms with E-state index < -0.39 is 0 Å². The number of hydrogen-bond acceptors (Lipinski definition) is 4. The first kappa shape index (κ1) is 19.1. The molecule has 2 saturated heterocycles. The predicted molar refractivity (Wildman–Crippen MR) is 108 cm³/mol. The second kappa shape index (κ2) is 9.83. The number of allylic oxidation sites excluding steroid dienone is 1. The average Bonchev–Trinajstić information content (AvgIpc) is 3.16. The van der Waals surface area contributed by atoms with Gasteiger partial charge in [-0.2, -0.15) is 11.8 Å². The van der Waals surface area contributed by atoms with Crippen LogP contribution in [0.15, 0.2) is 16.6 Å². The van der Waals surface area contributed by atoms with Crippen LogP contribution < -0.4 is 10.6 Å². The smallest absolute Gasteiger partial charge is 0.191 e. The molecule has 3 rings (SSSR count). The number of rotatable bonds is 6. The Morgan fingerprint density at radius 2 is 2.20 bits per heavy atom. The van der Waals surface area contributed by atoms with Gasteiger partial charge in [-0.3, -0.25) is 9.89 Å². The van der Waals surface area contributed by atoms with E-state index >= 15 is 0 Å². The summed E-state index contributed by atoms with van der Waals surface area (Å²) >= 11 is 2.08. The molecule has 6 heteroatoms. The van der Waals surface area contributed by atoms with Crippen molar-refractivity contribution in [2.45, 2.75) is 44.1 Å². The molecule has 0 saturated carbocycles. The fourth-order valence-corrected chi connectivity index (χ4v) is 5.55. The Labute approximate surface area is 157 Å². The molecular weight excluding hydrogens is 332 g/mol. The molecule has 0 radical (unpaired) electrons. The lowest BCUT2D eigenvalue weighted by Gasteiger charge is -2.43. The average molecular weight is 367 g/mol. The first-order valence-corrected chi connectivity index (χ1v) is 11.0. The number of aliphatic imine (C=N–C) groups is 1. The molecule has 0 bridgehead atoms. The zero-order chi connectivity index (χ0) is 17.4. The number of hydrogen-bond donors (Lipinski definition) is 2. The van der Waals surface area contributed by atoms with E-state index in [2.05, 4.69) is 38.4 Å². The molecule has 0 aromatic rings. The molecule has 0 aromatic carbocycles. The third-order valence-corrected chi connectivity index (χ3v) is 6.93. The second-order valence-corrected chi connectivity index (χ2v) is 8.44. The van der Waals surface area contributed by atoms with E-state index in [-0.39, 0.29) is 5.54 Å². The van der Waals surface area contributed by atoms with Crippen LogP contribution in [0.3, 0.4) is 0 Å². The predicted octanol–water partition coefficient (Wildman–Crippen LogP) is 2.25. The first-order chi connectivity index (χ1) is 12.3. The standard InChI is InChI=1S/C19H34N4OS/c1-20-18(21-9-7-17-5-3-2-4-6-17)22-15-19(8-14-25-16-19)23-10-12-24-13-11-23/h5H,2-4,6-16H2,1H3,(H2,20,21,22). The van der Waals surface area contributed by atoms with Crippen LogP contribution in [0.4, 0.5) is 0 Å². The Balaban J connectivity index is 1.46. The Bertz CT molecular complexity index is 468.